The van der Waals surface area contributed by atoms with E-state index in [1.165, 1.54) is 47.1 Å². The first kappa shape index (κ1) is 24.8. The SMILES string of the molecule is Cc1c(C(C)C)c(=O)n(-c2ccc(S(=O)(=O)NCCc3ccccc3C(F)(F)F)cc2)n1C. The first-order valence-electron chi connectivity index (χ1n) is 10.4. The summed E-state index contributed by atoms with van der Waals surface area (Å²) in [5.74, 6) is 0.0382. The van der Waals surface area contributed by atoms with E-state index in [1.54, 1.807) is 11.7 Å². The van der Waals surface area contributed by atoms with Crippen LogP contribution < -0.4 is 10.3 Å². The summed E-state index contributed by atoms with van der Waals surface area (Å²) in [6, 6.07) is 10.9. The Bertz CT molecular complexity index is 1310. The molecule has 0 aliphatic rings. The molecule has 0 bridgehead atoms. The maximum Gasteiger partial charge on any atom is 0.416 e. The highest BCUT2D eigenvalue weighted by atomic mass is 32.2. The molecular formula is C23H26F3N3O3S. The number of nitrogens with zero attached hydrogens (tertiary/aromatic N) is 2. The molecule has 0 atom stereocenters. The fraction of sp³-hybridized carbons (Fsp3) is 0.348. The number of rotatable bonds is 7. The predicted octanol–water partition coefficient (Wildman–Crippen LogP) is 4.15. The molecule has 0 radical (unpaired) electrons. The van der Waals surface area contributed by atoms with Crippen LogP contribution in [0.2, 0.25) is 0 Å². The van der Waals surface area contributed by atoms with Gasteiger partial charge in [0.2, 0.25) is 10.0 Å². The first-order valence-corrected chi connectivity index (χ1v) is 11.9. The molecule has 0 fully saturated rings. The molecule has 178 valence electrons. The molecule has 2 aromatic carbocycles. The maximum absolute atomic E-state index is 13.1. The fourth-order valence-corrected chi connectivity index (χ4v) is 4.90. The number of benzene rings is 2. The zero-order valence-electron chi connectivity index (χ0n) is 18.8. The molecule has 3 aromatic rings. The highest BCUT2D eigenvalue weighted by Crippen LogP contribution is 2.32. The van der Waals surface area contributed by atoms with E-state index in [4.69, 9.17) is 0 Å². The lowest BCUT2D eigenvalue weighted by Crippen LogP contribution is -2.27. The minimum atomic E-state index is -4.51. The van der Waals surface area contributed by atoms with E-state index in [0.717, 1.165) is 11.8 Å². The minimum Gasteiger partial charge on any atom is -0.285 e. The average molecular weight is 482 g/mol. The van der Waals surface area contributed by atoms with Gasteiger partial charge in [-0.1, -0.05) is 32.0 Å². The van der Waals surface area contributed by atoms with Crippen molar-refractivity contribution >= 4 is 10.0 Å². The standard InChI is InChI=1S/C23H26F3N3O3S/c1-15(2)21-16(3)28(4)29(22(21)30)18-9-11-19(12-10-18)33(31,32)27-14-13-17-7-5-6-8-20(17)23(24,25)26/h5-12,15,27H,13-14H2,1-4H3. The van der Waals surface area contributed by atoms with Crippen molar-refractivity contribution in [2.45, 2.75) is 44.2 Å². The van der Waals surface area contributed by atoms with Crippen LogP contribution in [0, 0.1) is 6.92 Å². The van der Waals surface area contributed by atoms with E-state index in [0.29, 0.717) is 11.3 Å². The van der Waals surface area contributed by atoms with Crippen LogP contribution in [-0.2, 0) is 29.7 Å². The molecular weight excluding hydrogens is 455 g/mol. The predicted molar refractivity (Wildman–Crippen MR) is 120 cm³/mol. The molecule has 0 aliphatic heterocycles. The Morgan fingerprint density at radius 3 is 2.18 bits per heavy atom. The van der Waals surface area contributed by atoms with E-state index >= 15 is 0 Å². The molecule has 0 aliphatic carbocycles. The Labute approximate surface area is 190 Å². The van der Waals surface area contributed by atoms with Crippen molar-refractivity contribution in [3.8, 4) is 5.69 Å². The monoisotopic (exact) mass is 481 g/mol. The van der Waals surface area contributed by atoms with Crippen LogP contribution in [0.3, 0.4) is 0 Å². The smallest absolute Gasteiger partial charge is 0.285 e. The van der Waals surface area contributed by atoms with Crippen LogP contribution in [0.15, 0.2) is 58.2 Å². The molecule has 3 rings (SSSR count). The summed E-state index contributed by atoms with van der Waals surface area (Å²) in [6.45, 7) is 5.53. The van der Waals surface area contributed by atoms with Gasteiger partial charge in [-0.25, -0.2) is 17.8 Å². The molecule has 10 heteroatoms. The van der Waals surface area contributed by atoms with Crippen LogP contribution in [0.4, 0.5) is 13.2 Å². The zero-order valence-corrected chi connectivity index (χ0v) is 19.6. The summed E-state index contributed by atoms with van der Waals surface area (Å²) < 4.78 is 70.1. The van der Waals surface area contributed by atoms with Gasteiger partial charge in [0.05, 0.1) is 16.1 Å². The topological polar surface area (TPSA) is 73.1 Å². The van der Waals surface area contributed by atoms with Crippen LogP contribution in [0.25, 0.3) is 5.69 Å². The number of aromatic nitrogens is 2. The number of hydrogen-bond donors (Lipinski definition) is 1. The largest absolute Gasteiger partial charge is 0.416 e. The molecule has 0 saturated heterocycles. The highest BCUT2D eigenvalue weighted by molar-refractivity contribution is 7.89. The van der Waals surface area contributed by atoms with Crippen molar-refractivity contribution in [1.29, 1.82) is 0 Å². The number of hydrogen-bond acceptors (Lipinski definition) is 3. The van der Waals surface area contributed by atoms with Crippen molar-refractivity contribution in [1.82, 2.24) is 14.1 Å². The number of nitrogens with one attached hydrogen (secondary N) is 1. The lowest BCUT2D eigenvalue weighted by Gasteiger charge is -2.13. The van der Waals surface area contributed by atoms with Crippen molar-refractivity contribution in [3.63, 3.8) is 0 Å². The second-order valence-electron chi connectivity index (χ2n) is 8.09. The number of alkyl halides is 3. The number of halogens is 3. The molecule has 33 heavy (non-hydrogen) atoms. The van der Waals surface area contributed by atoms with Gasteiger partial charge in [-0.3, -0.25) is 9.48 Å². The Morgan fingerprint density at radius 2 is 1.64 bits per heavy atom. The first-order chi connectivity index (χ1) is 15.3. The summed E-state index contributed by atoms with van der Waals surface area (Å²) in [4.78, 5) is 12.8. The Balaban J connectivity index is 1.78. The summed E-state index contributed by atoms with van der Waals surface area (Å²) in [5, 5.41) is 0. The third kappa shape index (κ3) is 5.06. The third-order valence-electron chi connectivity index (χ3n) is 5.58. The quantitative estimate of drug-likeness (QED) is 0.551. The normalized spacial score (nSPS) is 12.5. The average Bonchev–Trinajstić information content (AvgIpc) is 2.96. The van der Waals surface area contributed by atoms with Crippen LogP contribution in [0.5, 0.6) is 0 Å². The van der Waals surface area contributed by atoms with E-state index in [1.807, 2.05) is 20.8 Å². The second-order valence-corrected chi connectivity index (χ2v) is 9.86. The summed E-state index contributed by atoms with van der Waals surface area (Å²) >= 11 is 0. The van der Waals surface area contributed by atoms with Gasteiger partial charge in [-0.2, -0.15) is 13.2 Å². The lowest BCUT2D eigenvalue weighted by atomic mass is 10.0. The van der Waals surface area contributed by atoms with Crippen LogP contribution >= 0.6 is 0 Å². The van der Waals surface area contributed by atoms with Crippen molar-refractivity contribution < 1.29 is 21.6 Å². The van der Waals surface area contributed by atoms with Crippen LogP contribution in [0.1, 0.15) is 42.1 Å². The summed E-state index contributed by atoms with van der Waals surface area (Å²) in [6.07, 6.45) is -4.61. The van der Waals surface area contributed by atoms with Crippen molar-refractivity contribution in [3.05, 3.63) is 81.3 Å². The van der Waals surface area contributed by atoms with E-state index in [-0.39, 0.29) is 34.9 Å². The third-order valence-corrected chi connectivity index (χ3v) is 7.05. The van der Waals surface area contributed by atoms with E-state index in [2.05, 4.69) is 4.72 Å². The lowest BCUT2D eigenvalue weighted by molar-refractivity contribution is -0.138. The van der Waals surface area contributed by atoms with Crippen molar-refractivity contribution in [2.75, 3.05) is 6.54 Å². The van der Waals surface area contributed by atoms with E-state index in [9.17, 15) is 26.4 Å². The van der Waals surface area contributed by atoms with Gasteiger partial charge < -0.3 is 0 Å². The molecule has 0 saturated carbocycles. The Hall–Kier alpha value is -2.85. The van der Waals surface area contributed by atoms with Gasteiger partial charge in [-0.05, 0) is 55.2 Å². The summed E-state index contributed by atoms with van der Waals surface area (Å²) in [7, 11) is -2.18. The number of sulfonamides is 1. The minimum absolute atomic E-state index is 0.0162. The maximum atomic E-state index is 13.1. The highest BCUT2D eigenvalue weighted by Gasteiger charge is 2.32. The molecule has 1 N–H and O–H groups in total. The Morgan fingerprint density at radius 1 is 1.03 bits per heavy atom. The van der Waals surface area contributed by atoms with Crippen LogP contribution in [-0.4, -0.2) is 24.3 Å². The molecule has 0 amide bonds. The van der Waals surface area contributed by atoms with E-state index < -0.39 is 21.8 Å². The van der Waals surface area contributed by atoms with Gasteiger partial charge in [-0.15, -0.1) is 0 Å². The van der Waals surface area contributed by atoms with Gasteiger partial charge in [0, 0.05) is 24.8 Å². The van der Waals surface area contributed by atoms with Crippen molar-refractivity contribution in [2.24, 2.45) is 7.05 Å². The van der Waals surface area contributed by atoms with Gasteiger partial charge >= 0.3 is 6.18 Å². The molecule has 0 spiro atoms. The second kappa shape index (κ2) is 9.18. The zero-order chi connectivity index (χ0) is 24.6. The molecule has 1 aromatic heterocycles. The molecule has 1 heterocycles. The fourth-order valence-electron chi connectivity index (χ4n) is 3.87. The molecule has 0 unspecified atom stereocenters. The van der Waals surface area contributed by atoms with Gasteiger partial charge in [0.25, 0.3) is 5.56 Å². The van der Waals surface area contributed by atoms with Gasteiger partial charge in [0.1, 0.15) is 0 Å². The summed E-state index contributed by atoms with van der Waals surface area (Å²) in [5.41, 5.74) is 1.10. The Kier molecular flexibility index (Phi) is 6.90. The molecule has 6 nitrogen and oxygen atoms in total. The van der Waals surface area contributed by atoms with Gasteiger partial charge in [0.15, 0.2) is 0 Å².